The van der Waals surface area contributed by atoms with Crippen molar-refractivity contribution in [1.82, 2.24) is 4.72 Å². The Morgan fingerprint density at radius 1 is 1.53 bits per heavy atom. The lowest BCUT2D eigenvalue weighted by Gasteiger charge is -2.02. The molecule has 0 saturated carbocycles. The number of aryl methyl sites for hydroxylation is 1. The molecule has 7 heteroatoms. The van der Waals surface area contributed by atoms with E-state index < -0.39 is 10.0 Å². The van der Waals surface area contributed by atoms with Crippen molar-refractivity contribution in [1.29, 1.82) is 0 Å². The molecule has 1 aromatic heterocycles. The van der Waals surface area contributed by atoms with Gasteiger partial charge in [-0.2, -0.15) is 0 Å². The van der Waals surface area contributed by atoms with Crippen LogP contribution in [0.15, 0.2) is 16.3 Å². The number of hydrogen-bond donors (Lipinski definition) is 2. The predicted octanol–water partition coefficient (Wildman–Crippen LogP) is 0.479. The monoisotopic (exact) mass is 250 g/mol. The van der Waals surface area contributed by atoms with E-state index in [4.69, 9.17) is 5.90 Å². The van der Waals surface area contributed by atoms with E-state index in [1.165, 1.54) is 11.3 Å². The zero-order chi connectivity index (χ0) is 11.3. The van der Waals surface area contributed by atoms with Gasteiger partial charge in [-0.3, -0.25) is 0 Å². The Hall–Kier alpha value is -0.470. The first-order valence-electron chi connectivity index (χ1n) is 4.50. The molecule has 86 valence electrons. The van der Waals surface area contributed by atoms with Crippen LogP contribution in [0.2, 0.25) is 0 Å². The molecule has 0 unspecified atom stereocenters. The standard InChI is InChI=1S/C8H14N2O3S2/c1-2-7-3-4-8(14-7)15(11,12)10-5-6-13-9/h3-4,10H,2,5-6,9H2,1H3. The third-order valence-corrected chi connectivity index (χ3v) is 4.94. The van der Waals surface area contributed by atoms with E-state index >= 15 is 0 Å². The van der Waals surface area contributed by atoms with Gasteiger partial charge in [0, 0.05) is 11.4 Å². The van der Waals surface area contributed by atoms with Crippen molar-refractivity contribution in [2.75, 3.05) is 13.2 Å². The SMILES string of the molecule is CCc1ccc(S(=O)(=O)NCCON)s1. The first kappa shape index (κ1) is 12.6. The quantitative estimate of drug-likeness (QED) is 0.568. The number of hydrogen-bond acceptors (Lipinski definition) is 5. The number of sulfonamides is 1. The maximum Gasteiger partial charge on any atom is 0.250 e. The van der Waals surface area contributed by atoms with Crippen molar-refractivity contribution in [2.45, 2.75) is 17.6 Å². The summed E-state index contributed by atoms with van der Waals surface area (Å²) in [7, 11) is -3.39. The molecule has 1 rings (SSSR count). The molecule has 0 spiro atoms. The zero-order valence-electron chi connectivity index (χ0n) is 8.39. The van der Waals surface area contributed by atoms with E-state index in [-0.39, 0.29) is 13.2 Å². The van der Waals surface area contributed by atoms with Gasteiger partial charge >= 0.3 is 0 Å². The second-order valence-corrected chi connectivity index (χ2v) is 6.00. The van der Waals surface area contributed by atoms with Crippen LogP contribution >= 0.6 is 11.3 Å². The minimum absolute atomic E-state index is 0.158. The van der Waals surface area contributed by atoms with Crippen LogP contribution in [0.4, 0.5) is 0 Å². The fourth-order valence-electron chi connectivity index (χ4n) is 0.999. The van der Waals surface area contributed by atoms with E-state index in [1.807, 2.05) is 13.0 Å². The van der Waals surface area contributed by atoms with Crippen LogP contribution in [0, 0.1) is 0 Å². The van der Waals surface area contributed by atoms with Crippen LogP contribution in [-0.4, -0.2) is 21.6 Å². The summed E-state index contributed by atoms with van der Waals surface area (Å²) in [5.74, 6) is 4.79. The second-order valence-electron chi connectivity index (χ2n) is 2.84. The van der Waals surface area contributed by atoms with E-state index in [0.29, 0.717) is 4.21 Å². The highest BCUT2D eigenvalue weighted by molar-refractivity contribution is 7.91. The van der Waals surface area contributed by atoms with Gasteiger partial charge in [0.25, 0.3) is 0 Å². The summed E-state index contributed by atoms with van der Waals surface area (Å²) >= 11 is 1.28. The van der Waals surface area contributed by atoms with Crippen molar-refractivity contribution in [3.8, 4) is 0 Å². The van der Waals surface area contributed by atoms with Crippen LogP contribution < -0.4 is 10.6 Å². The van der Waals surface area contributed by atoms with Gasteiger partial charge in [0.2, 0.25) is 10.0 Å². The third-order valence-electron chi connectivity index (χ3n) is 1.76. The topological polar surface area (TPSA) is 81.4 Å². The molecule has 1 aromatic rings. The third kappa shape index (κ3) is 3.54. The molecule has 3 N–H and O–H groups in total. The van der Waals surface area contributed by atoms with Crippen molar-refractivity contribution in [3.05, 3.63) is 17.0 Å². The molecular weight excluding hydrogens is 236 g/mol. The van der Waals surface area contributed by atoms with E-state index in [0.717, 1.165) is 11.3 Å². The second kappa shape index (κ2) is 5.57. The summed E-state index contributed by atoms with van der Waals surface area (Å²) in [5, 5.41) is 0. The molecule has 0 radical (unpaired) electrons. The molecule has 0 aliphatic heterocycles. The lowest BCUT2D eigenvalue weighted by molar-refractivity contribution is 0.143. The van der Waals surface area contributed by atoms with Crippen molar-refractivity contribution >= 4 is 21.4 Å². The Morgan fingerprint density at radius 3 is 2.80 bits per heavy atom. The van der Waals surface area contributed by atoms with Crippen LogP contribution in [0.1, 0.15) is 11.8 Å². The lowest BCUT2D eigenvalue weighted by Crippen LogP contribution is -2.27. The number of thiophene rings is 1. The molecule has 5 nitrogen and oxygen atoms in total. The van der Waals surface area contributed by atoms with Crippen molar-refractivity contribution < 1.29 is 13.3 Å². The smallest absolute Gasteiger partial charge is 0.250 e. The molecular formula is C8H14N2O3S2. The Kier molecular flexibility index (Phi) is 4.68. The highest BCUT2D eigenvalue weighted by Gasteiger charge is 2.15. The average Bonchev–Trinajstić information content (AvgIpc) is 2.66. The summed E-state index contributed by atoms with van der Waals surface area (Å²) in [6.07, 6.45) is 0.839. The Morgan fingerprint density at radius 2 is 2.27 bits per heavy atom. The highest BCUT2D eigenvalue weighted by atomic mass is 32.2. The maximum atomic E-state index is 11.6. The van der Waals surface area contributed by atoms with Crippen LogP contribution in [0.5, 0.6) is 0 Å². The highest BCUT2D eigenvalue weighted by Crippen LogP contribution is 2.21. The number of rotatable bonds is 6. The van der Waals surface area contributed by atoms with Gasteiger partial charge in [-0.15, -0.1) is 11.3 Å². The minimum atomic E-state index is -3.39. The molecule has 0 aliphatic carbocycles. The van der Waals surface area contributed by atoms with Crippen molar-refractivity contribution in [3.63, 3.8) is 0 Å². The largest absolute Gasteiger partial charge is 0.303 e. The summed E-state index contributed by atoms with van der Waals surface area (Å²) in [6.45, 7) is 2.32. The molecule has 15 heavy (non-hydrogen) atoms. The fourth-order valence-corrected chi connectivity index (χ4v) is 3.35. The fraction of sp³-hybridized carbons (Fsp3) is 0.500. The molecule has 1 heterocycles. The van der Waals surface area contributed by atoms with Crippen LogP contribution in [0.3, 0.4) is 0 Å². The number of nitrogens with one attached hydrogen (secondary N) is 1. The van der Waals surface area contributed by atoms with Gasteiger partial charge in [0.05, 0.1) is 6.61 Å². The van der Waals surface area contributed by atoms with Gasteiger partial charge in [-0.05, 0) is 18.6 Å². The Bertz CT molecular complexity index is 400. The molecule has 0 saturated heterocycles. The predicted molar refractivity (Wildman–Crippen MR) is 59.0 cm³/mol. The normalized spacial score (nSPS) is 11.9. The van der Waals surface area contributed by atoms with E-state index in [1.54, 1.807) is 6.07 Å². The lowest BCUT2D eigenvalue weighted by atomic mass is 10.4. The van der Waals surface area contributed by atoms with Crippen LogP contribution in [-0.2, 0) is 21.3 Å². The molecule has 0 fully saturated rings. The molecule has 0 atom stereocenters. The van der Waals surface area contributed by atoms with Gasteiger partial charge in [0.1, 0.15) is 4.21 Å². The first-order chi connectivity index (χ1) is 7.10. The van der Waals surface area contributed by atoms with E-state index in [2.05, 4.69) is 9.56 Å². The van der Waals surface area contributed by atoms with Gasteiger partial charge in [0.15, 0.2) is 0 Å². The number of nitrogens with two attached hydrogens (primary N) is 1. The zero-order valence-corrected chi connectivity index (χ0v) is 10.0. The summed E-state index contributed by atoms with van der Waals surface area (Å²) in [5.41, 5.74) is 0. The molecule has 0 aliphatic rings. The first-order valence-corrected chi connectivity index (χ1v) is 6.80. The average molecular weight is 250 g/mol. The minimum Gasteiger partial charge on any atom is -0.303 e. The van der Waals surface area contributed by atoms with Crippen molar-refractivity contribution in [2.24, 2.45) is 5.90 Å². The van der Waals surface area contributed by atoms with E-state index in [9.17, 15) is 8.42 Å². The van der Waals surface area contributed by atoms with Gasteiger partial charge in [-0.1, -0.05) is 6.92 Å². The van der Waals surface area contributed by atoms with Gasteiger partial charge in [-0.25, -0.2) is 19.0 Å². The van der Waals surface area contributed by atoms with Crippen LogP contribution in [0.25, 0.3) is 0 Å². The molecule has 0 bridgehead atoms. The Labute approximate surface area is 93.2 Å². The summed E-state index contributed by atoms with van der Waals surface area (Å²) in [6, 6.07) is 3.42. The summed E-state index contributed by atoms with van der Waals surface area (Å²) in [4.78, 5) is 5.32. The Balaban J connectivity index is 2.68. The molecule has 0 amide bonds. The maximum absolute atomic E-state index is 11.6. The molecule has 0 aromatic carbocycles. The summed E-state index contributed by atoms with van der Waals surface area (Å²) < 4.78 is 26.0. The van der Waals surface area contributed by atoms with Gasteiger partial charge < -0.3 is 4.84 Å².